The predicted molar refractivity (Wildman–Crippen MR) is 71.6 cm³/mol. The highest BCUT2D eigenvalue weighted by atomic mass is 79.9. The highest BCUT2D eigenvalue weighted by molar-refractivity contribution is 9.10. The van der Waals surface area contributed by atoms with Gasteiger partial charge in [0.2, 0.25) is 6.10 Å². The third kappa shape index (κ3) is 6.52. The van der Waals surface area contributed by atoms with Crippen molar-refractivity contribution in [3.63, 3.8) is 0 Å². The number of carbonyl (C=O) groups excluding carboxylic acids is 1. The van der Waals surface area contributed by atoms with Crippen LogP contribution >= 0.6 is 15.9 Å². The van der Waals surface area contributed by atoms with Crippen molar-refractivity contribution in [2.45, 2.75) is 49.2 Å². The molecule has 124 valence electrons. The van der Waals surface area contributed by atoms with E-state index < -0.39 is 38.9 Å². The Labute approximate surface area is 129 Å². The number of hydrogen-bond donors (Lipinski definition) is 1. The largest absolute Gasteiger partial charge is 0.451 e. The molecule has 1 fully saturated rings. The molecule has 1 N–H and O–H groups in total. The normalized spacial score (nSPS) is 20.8. The van der Waals surface area contributed by atoms with Gasteiger partial charge in [-0.2, -0.15) is 21.6 Å². The molecule has 1 aliphatic carbocycles. The van der Waals surface area contributed by atoms with Gasteiger partial charge in [0.15, 0.2) is 0 Å². The number of hydrogen-bond acceptors (Lipinski definition) is 4. The molecule has 1 rings (SSSR count). The van der Waals surface area contributed by atoms with E-state index in [1.165, 1.54) is 0 Å². The van der Waals surface area contributed by atoms with Crippen molar-refractivity contribution < 1.29 is 35.7 Å². The Morgan fingerprint density at radius 2 is 1.81 bits per heavy atom. The minimum absolute atomic E-state index is 0.133. The van der Waals surface area contributed by atoms with Gasteiger partial charge in [0, 0.05) is 0 Å². The molecule has 0 aliphatic heterocycles. The average Bonchev–Trinajstić information content (AvgIpc) is 2.35. The lowest BCUT2D eigenvalue weighted by Gasteiger charge is -2.27. The van der Waals surface area contributed by atoms with Crippen LogP contribution in [0.15, 0.2) is 0 Å². The van der Waals surface area contributed by atoms with Gasteiger partial charge in [-0.3, -0.25) is 9.35 Å². The molecule has 10 heteroatoms. The fourth-order valence-electron chi connectivity index (χ4n) is 2.21. The van der Waals surface area contributed by atoms with Gasteiger partial charge in [-0.15, -0.1) is 0 Å². The van der Waals surface area contributed by atoms with Crippen LogP contribution in [0.3, 0.4) is 0 Å². The van der Waals surface area contributed by atoms with Gasteiger partial charge in [0.25, 0.3) is 10.1 Å². The van der Waals surface area contributed by atoms with Crippen molar-refractivity contribution in [2.24, 2.45) is 5.92 Å². The van der Waals surface area contributed by atoms with E-state index in [9.17, 15) is 26.4 Å². The fourth-order valence-corrected chi connectivity index (χ4v) is 3.49. The van der Waals surface area contributed by atoms with Gasteiger partial charge < -0.3 is 4.74 Å². The van der Waals surface area contributed by atoms with Crippen LogP contribution in [-0.2, 0) is 19.6 Å². The summed E-state index contributed by atoms with van der Waals surface area (Å²) in [4.78, 5) is 10.8. The molecule has 0 heterocycles. The Hall–Kier alpha value is -0.350. The van der Waals surface area contributed by atoms with Gasteiger partial charge in [-0.05, 0) is 18.8 Å². The summed E-state index contributed by atoms with van der Waals surface area (Å²) in [6, 6.07) is 0. The molecule has 0 radical (unpaired) electrons. The second-order valence-electron chi connectivity index (χ2n) is 5.02. The molecule has 2 unspecified atom stereocenters. The standard InChI is InChI=1S/C11H16BrF3O5S/c12-9(7-4-2-1-3-5-7)10(16)20-8(11(13,14)15)6-21(17,18)19/h7-9H,1-6H2,(H,17,18,19). The average molecular weight is 397 g/mol. The second-order valence-corrected chi connectivity index (χ2v) is 7.50. The molecule has 0 aromatic carbocycles. The highest BCUT2D eigenvalue weighted by Crippen LogP contribution is 2.32. The molecule has 21 heavy (non-hydrogen) atoms. The maximum absolute atomic E-state index is 12.6. The molecule has 5 nitrogen and oxygen atoms in total. The zero-order valence-corrected chi connectivity index (χ0v) is 13.4. The quantitative estimate of drug-likeness (QED) is 0.438. The Bertz CT molecular complexity index is 459. The smallest absolute Gasteiger partial charge is 0.426 e. The zero-order valence-electron chi connectivity index (χ0n) is 11.0. The lowest BCUT2D eigenvalue weighted by molar-refractivity contribution is -0.215. The van der Waals surface area contributed by atoms with Crippen molar-refractivity contribution in [1.82, 2.24) is 0 Å². The molecular formula is C11H16BrF3O5S. The minimum Gasteiger partial charge on any atom is -0.451 e. The Balaban J connectivity index is 2.71. The molecule has 2 atom stereocenters. The third-order valence-electron chi connectivity index (χ3n) is 3.27. The topological polar surface area (TPSA) is 80.7 Å². The van der Waals surface area contributed by atoms with Crippen molar-refractivity contribution in [2.75, 3.05) is 5.75 Å². The van der Waals surface area contributed by atoms with Crippen molar-refractivity contribution in [1.29, 1.82) is 0 Å². The lowest BCUT2D eigenvalue weighted by Crippen LogP contribution is -2.42. The third-order valence-corrected chi connectivity index (χ3v) is 5.12. The molecule has 0 aromatic rings. The van der Waals surface area contributed by atoms with Crippen molar-refractivity contribution in [3.8, 4) is 0 Å². The first-order valence-electron chi connectivity index (χ1n) is 6.37. The maximum Gasteiger partial charge on any atom is 0.426 e. The number of alkyl halides is 4. The predicted octanol–water partition coefficient (Wildman–Crippen LogP) is 2.69. The first-order chi connectivity index (χ1) is 9.50. The summed E-state index contributed by atoms with van der Waals surface area (Å²) in [6.07, 6.45) is -3.77. The van der Waals surface area contributed by atoms with Crippen LogP contribution in [0.25, 0.3) is 0 Å². The van der Waals surface area contributed by atoms with E-state index in [-0.39, 0.29) is 5.92 Å². The van der Waals surface area contributed by atoms with E-state index in [0.29, 0.717) is 12.8 Å². The van der Waals surface area contributed by atoms with Gasteiger partial charge in [-0.1, -0.05) is 35.2 Å². The molecule has 0 aromatic heterocycles. The molecular weight excluding hydrogens is 381 g/mol. The monoisotopic (exact) mass is 396 g/mol. The van der Waals surface area contributed by atoms with E-state index in [1.54, 1.807) is 0 Å². The molecule has 0 bridgehead atoms. The summed E-state index contributed by atoms with van der Waals surface area (Å²) in [5.41, 5.74) is 0. The summed E-state index contributed by atoms with van der Waals surface area (Å²) >= 11 is 3.03. The van der Waals surface area contributed by atoms with Crippen LogP contribution in [0.4, 0.5) is 13.2 Å². The van der Waals surface area contributed by atoms with Gasteiger partial charge >= 0.3 is 12.1 Å². The summed E-state index contributed by atoms with van der Waals surface area (Å²) in [5.74, 6) is -2.99. The highest BCUT2D eigenvalue weighted by Gasteiger charge is 2.46. The second kappa shape index (κ2) is 7.28. The van der Waals surface area contributed by atoms with Gasteiger partial charge in [-0.25, -0.2) is 0 Å². The van der Waals surface area contributed by atoms with Crippen LogP contribution < -0.4 is 0 Å². The number of halogens is 4. The first kappa shape index (κ1) is 18.7. The van der Waals surface area contributed by atoms with Crippen LogP contribution in [0, 0.1) is 5.92 Å². The lowest BCUT2D eigenvalue weighted by atomic mass is 9.87. The molecule has 0 amide bonds. The van der Waals surface area contributed by atoms with E-state index in [1.807, 2.05) is 0 Å². The summed E-state index contributed by atoms with van der Waals surface area (Å²) in [5, 5.41) is 0. The number of rotatable bonds is 5. The first-order valence-corrected chi connectivity index (χ1v) is 8.89. The number of carbonyl (C=O) groups is 1. The molecule has 1 saturated carbocycles. The van der Waals surface area contributed by atoms with Crippen molar-refractivity contribution in [3.05, 3.63) is 0 Å². The van der Waals surface area contributed by atoms with E-state index >= 15 is 0 Å². The van der Waals surface area contributed by atoms with Crippen LogP contribution in [-0.4, -0.2) is 41.8 Å². The maximum atomic E-state index is 12.6. The number of esters is 1. The van der Waals surface area contributed by atoms with Gasteiger partial charge in [0.1, 0.15) is 10.6 Å². The summed E-state index contributed by atoms with van der Waals surface area (Å²) in [7, 11) is -4.92. The fraction of sp³-hybridized carbons (Fsp3) is 0.909. The minimum atomic E-state index is -5.06. The molecule has 1 aliphatic rings. The van der Waals surface area contributed by atoms with Crippen LogP contribution in [0.2, 0.25) is 0 Å². The molecule has 0 spiro atoms. The number of ether oxygens (including phenoxy) is 1. The Morgan fingerprint density at radius 1 is 1.29 bits per heavy atom. The Morgan fingerprint density at radius 3 is 2.24 bits per heavy atom. The SMILES string of the molecule is O=C(OC(CS(=O)(=O)O)C(F)(F)F)C(Br)C1CCCCC1. The Kier molecular flexibility index (Phi) is 6.48. The van der Waals surface area contributed by atoms with E-state index in [2.05, 4.69) is 20.7 Å². The summed E-state index contributed by atoms with van der Waals surface area (Å²) < 4.78 is 71.9. The van der Waals surface area contributed by atoms with E-state index in [4.69, 9.17) is 4.55 Å². The zero-order chi connectivity index (χ0) is 16.3. The van der Waals surface area contributed by atoms with Crippen LogP contribution in [0.5, 0.6) is 0 Å². The van der Waals surface area contributed by atoms with E-state index in [0.717, 1.165) is 19.3 Å². The van der Waals surface area contributed by atoms with Crippen LogP contribution in [0.1, 0.15) is 32.1 Å². The van der Waals surface area contributed by atoms with Gasteiger partial charge in [0.05, 0.1) is 0 Å². The summed E-state index contributed by atoms with van der Waals surface area (Å²) in [6.45, 7) is 0. The molecule has 0 saturated heterocycles. The van der Waals surface area contributed by atoms with Crippen molar-refractivity contribution >= 4 is 32.0 Å².